The molecule has 7 rings (SSSR count). The lowest BCUT2D eigenvalue weighted by Crippen LogP contribution is -2.61. The van der Waals surface area contributed by atoms with Crippen molar-refractivity contribution in [1.29, 1.82) is 0 Å². The fraction of sp³-hybridized carbons (Fsp3) is 1.00. The molecule has 2 nitrogen and oxygen atoms in total. The van der Waals surface area contributed by atoms with E-state index < -0.39 is 16.6 Å². The van der Waals surface area contributed by atoms with Gasteiger partial charge in [-0.05, 0) is 132 Å². The van der Waals surface area contributed by atoms with Gasteiger partial charge < -0.3 is 8.85 Å². The lowest BCUT2D eigenvalue weighted by molar-refractivity contribution is -0.159. The van der Waals surface area contributed by atoms with Gasteiger partial charge in [0, 0.05) is 6.10 Å². The van der Waals surface area contributed by atoms with Crippen LogP contribution in [-0.4, -0.2) is 28.8 Å². The minimum absolute atomic E-state index is 0.369. The van der Waals surface area contributed by atoms with Crippen LogP contribution in [0, 0.1) is 46.3 Å². The highest BCUT2D eigenvalue weighted by molar-refractivity contribution is 6.77. The van der Waals surface area contributed by atoms with E-state index in [9.17, 15) is 0 Å². The van der Waals surface area contributed by atoms with E-state index in [1.807, 2.05) is 0 Å². The largest absolute Gasteiger partial charge is 0.413 e. The molecule has 0 aromatic rings. The Morgan fingerprint density at radius 3 is 1.77 bits per heavy atom. The van der Waals surface area contributed by atoms with Gasteiger partial charge in [0.2, 0.25) is 0 Å². The molecule has 0 aromatic heterocycles. The van der Waals surface area contributed by atoms with Crippen LogP contribution in [0.5, 0.6) is 0 Å². The second kappa shape index (κ2) is 9.43. The highest BCUT2D eigenvalue weighted by atomic mass is 28.4. The molecule has 2 aliphatic heterocycles. The van der Waals surface area contributed by atoms with E-state index in [2.05, 4.69) is 55.4 Å². The van der Waals surface area contributed by atoms with Gasteiger partial charge in [-0.25, -0.2) is 0 Å². The van der Waals surface area contributed by atoms with Crippen molar-refractivity contribution >= 4 is 16.6 Å². The van der Waals surface area contributed by atoms with Crippen molar-refractivity contribution in [2.75, 3.05) is 0 Å². The van der Waals surface area contributed by atoms with E-state index in [-0.39, 0.29) is 0 Å². The van der Waals surface area contributed by atoms with Crippen LogP contribution in [0.2, 0.25) is 34.3 Å². The van der Waals surface area contributed by atoms with Gasteiger partial charge in [0.15, 0.2) is 16.6 Å². The van der Waals surface area contributed by atoms with Gasteiger partial charge in [-0.15, -0.1) is 0 Å². The summed E-state index contributed by atoms with van der Waals surface area (Å²) in [6, 6.07) is 5.68. The lowest BCUT2D eigenvalue weighted by Gasteiger charge is -2.63. The summed E-state index contributed by atoms with van der Waals surface area (Å²) >= 11 is 0. The van der Waals surface area contributed by atoms with Gasteiger partial charge in [0.25, 0.3) is 0 Å². The van der Waals surface area contributed by atoms with Crippen LogP contribution in [0.4, 0.5) is 0 Å². The van der Waals surface area contributed by atoms with Gasteiger partial charge in [-0.1, -0.05) is 81.1 Å². The summed E-state index contributed by atoms with van der Waals surface area (Å²) in [5, 5.41) is 0.740. The van der Waals surface area contributed by atoms with Crippen molar-refractivity contribution < 1.29 is 8.85 Å². The maximum Gasteiger partial charge on any atom is 0.198 e. The lowest BCUT2D eigenvalue weighted by atomic mass is 9.44. The molecule has 228 valence electrons. The molecule has 7 fully saturated rings. The predicted molar refractivity (Wildman–Crippen MR) is 172 cm³/mol. The van der Waals surface area contributed by atoms with Crippen molar-refractivity contribution in [3.8, 4) is 0 Å². The maximum atomic E-state index is 7.85. The Kier molecular flexibility index (Phi) is 6.86. The summed E-state index contributed by atoms with van der Waals surface area (Å²) < 4.78 is 15.5. The van der Waals surface area contributed by atoms with Crippen LogP contribution < -0.4 is 0 Å². The molecule has 0 spiro atoms. The smallest absolute Gasteiger partial charge is 0.198 e. The van der Waals surface area contributed by atoms with Gasteiger partial charge in [0.1, 0.15) is 0 Å². The Labute approximate surface area is 250 Å². The van der Waals surface area contributed by atoms with E-state index in [0.717, 1.165) is 35.5 Å². The van der Waals surface area contributed by atoms with Crippen molar-refractivity contribution in [1.82, 2.24) is 0 Å². The first-order valence-electron chi connectivity index (χ1n) is 18.1. The van der Waals surface area contributed by atoms with Crippen molar-refractivity contribution in [2.24, 2.45) is 46.3 Å². The Balaban J connectivity index is 1.19. The third kappa shape index (κ3) is 4.24. The Morgan fingerprint density at radius 1 is 0.600 bits per heavy atom. The standard InChI is InChI=1S/C36H64O2Si2/c1-33(2,3)39(17-9-10-18-39)37-31-23-27-28-13-14-32(38-40(34(4,5)6)19-11-12-20-40)35(28,7)16-15-29(27)36(8)24-26-21-25(26)22-30(31)36/h25-32H,9-24H2,1-8H3/t25-,26+,27?,28?,29?,30+,31-,32-,35-,36+/m1/s1. The first-order chi connectivity index (χ1) is 18.7. The number of rotatable bonds is 4. The minimum atomic E-state index is -1.74. The summed E-state index contributed by atoms with van der Waals surface area (Å²) in [6.07, 6.45) is 18.4. The monoisotopic (exact) mass is 584 g/mol. The summed E-state index contributed by atoms with van der Waals surface area (Å²) in [5.41, 5.74) is 0.913. The number of hydrogen-bond donors (Lipinski definition) is 0. The average Bonchev–Trinajstić information content (AvgIpc) is 3.21. The van der Waals surface area contributed by atoms with Crippen LogP contribution in [0.3, 0.4) is 0 Å². The second-order valence-electron chi connectivity index (χ2n) is 19.2. The van der Waals surface area contributed by atoms with Crippen LogP contribution in [0.1, 0.15) is 132 Å². The normalized spacial score (nSPS) is 49.2. The van der Waals surface area contributed by atoms with Crippen molar-refractivity contribution in [2.45, 2.75) is 179 Å². The number of hydrogen-bond acceptors (Lipinski definition) is 2. The Morgan fingerprint density at radius 2 is 1.18 bits per heavy atom. The van der Waals surface area contributed by atoms with E-state index in [1.54, 1.807) is 0 Å². The van der Waals surface area contributed by atoms with Crippen LogP contribution >= 0.6 is 0 Å². The zero-order valence-corrected chi connectivity index (χ0v) is 29.7. The average molecular weight is 585 g/mol. The zero-order chi connectivity index (χ0) is 28.3. The molecule has 0 N–H and O–H groups in total. The first-order valence-corrected chi connectivity index (χ1v) is 22.7. The van der Waals surface area contributed by atoms with Crippen LogP contribution in [0.15, 0.2) is 0 Å². The Bertz CT molecular complexity index is 968. The molecule has 4 heteroatoms. The second-order valence-corrected chi connectivity index (χ2v) is 28.7. The molecule has 40 heavy (non-hydrogen) atoms. The first kappa shape index (κ1) is 29.1. The highest BCUT2D eigenvalue weighted by Crippen LogP contribution is 2.71. The molecule has 3 unspecified atom stereocenters. The quantitative estimate of drug-likeness (QED) is 0.306. The molecule has 0 radical (unpaired) electrons. The fourth-order valence-electron chi connectivity index (χ4n) is 12.9. The molecule has 7 aliphatic rings. The van der Waals surface area contributed by atoms with Crippen molar-refractivity contribution in [3.63, 3.8) is 0 Å². The van der Waals surface area contributed by atoms with E-state index in [4.69, 9.17) is 8.85 Å². The maximum absolute atomic E-state index is 7.85. The fourth-order valence-corrected chi connectivity index (χ4v) is 22.6. The van der Waals surface area contributed by atoms with E-state index >= 15 is 0 Å². The minimum Gasteiger partial charge on any atom is -0.413 e. The topological polar surface area (TPSA) is 18.5 Å². The molecule has 0 amide bonds. The molecule has 2 heterocycles. The summed E-state index contributed by atoms with van der Waals surface area (Å²) in [6.45, 7) is 20.7. The Hall–Kier alpha value is 0.354. The summed E-state index contributed by atoms with van der Waals surface area (Å²) in [7, 11) is -3.44. The van der Waals surface area contributed by atoms with E-state index in [0.29, 0.717) is 33.1 Å². The summed E-state index contributed by atoms with van der Waals surface area (Å²) in [4.78, 5) is 0. The molecule has 2 saturated heterocycles. The SMILES string of the molecule is CC(C)(C)[Si]1(O[C@@H]2CC3C(CC[C@]4(C)C3CC[C@H]4O[Si]3(C(C)(C)C)CCCC3)[C@]3(C)C[C@@H]4C[C@@H]4C[C@@H]23)CCCC1. The number of fused-ring (bicyclic) bond motifs is 6. The highest BCUT2D eigenvalue weighted by Gasteiger charge is 2.67. The zero-order valence-electron chi connectivity index (χ0n) is 27.7. The molecule has 5 saturated carbocycles. The van der Waals surface area contributed by atoms with Gasteiger partial charge in [-0.2, -0.15) is 0 Å². The van der Waals surface area contributed by atoms with E-state index in [1.165, 1.54) is 101 Å². The molecular weight excluding hydrogens is 521 g/mol. The molecule has 10 atom stereocenters. The van der Waals surface area contributed by atoms with Gasteiger partial charge >= 0.3 is 0 Å². The third-order valence-electron chi connectivity index (χ3n) is 15.6. The van der Waals surface area contributed by atoms with Gasteiger partial charge in [-0.3, -0.25) is 0 Å². The van der Waals surface area contributed by atoms with Crippen LogP contribution in [-0.2, 0) is 8.85 Å². The molecule has 5 aliphatic carbocycles. The molecule has 0 aromatic carbocycles. The third-order valence-corrected chi connectivity index (χ3v) is 27.2. The van der Waals surface area contributed by atoms with Crippen LogP contribution in [0.25, 0.3) is 0 Å². The molecule has 0 bridgehead atoms. The van der Waals surface area contributed by atoms with Gasteiger partial charge in [0.05, 0.1) is 6.10 Å². The predicted octanol–water partition coefficient (Wildman–Crippen LogP) is 10.7. The molecular formula is C36H64O2Si2. The van der Waals surface area contributed by atoms with Crippen molar-refractivity contribution in [3.05, 3.63) is 0 Å². The summed E-state index contributed by atoms with van der Waals surface area (Å²) in [5.74, 6) is 5.59.